The zero-order valence-electron chi connectivity index (χ0n) is 13.6. The molecule has 0 aliphatic rings. The fraction of sp³-hybridized carbons (Fsp3) is 0.235. The van der Waals surface area contributed by atoms with Gasteiger partial charge in [-0.2, -0.15) is 0 Å². The predicted octanol–water partition coefficient (Wildman–Crippen LogP) is 2.17. The Labute approximate surface area is 141 Å². The van der Waals surface area contributed by atoms with Crippen molar-refractivity contribution in [3.8, 4) is 0 Å². The minimum absolute atomic E-state index is 0.0965. The number of carbonyl (C=O) groups is 1. The average molecular weight is 348 g/mol. The maximum Gasteiger partial charge on any atom is 0.261 e. The molecule has 2 aromatic rings. The highest BCUT2D eigenvalue weighted by Crippen LogP contribution is 2.19. The molecule has 0 fully saturated rings. The number of aryl methyl sites for hydroxylation is 1. The molecule has 0 bridgehead atoms. The maximum atomic E-state index is 12.4. The molecule has 0 aromatic heterocycles. The highest BCUT2D eigenvalue weighted by atomic mass is 32.2. The summed E-state index contributed by atoms with van der Waals surface area (Å²) in [4.78, 5) is 12.0. The fourth-order valence-corrected chi connectivity index (χ4v) is 3.18. The number of methoxy groups -OCH3 is 1. The van der Waals surface area contributed by atoms with Crippen LogP contribution in [0.5, 0.6) is 0 Å². The SMILES string of the molecule is COCCNC(=O)c1ccc(S(=O)(=O)Nc2ccccc2C)cc1. The van der Waals surface area contributed by atoms with E-state index in [1.54, 1.807) is 19.2 Å². The number of ether oxygens (including phenoxy) is 1. The third kappa shape index (κ3) is 4.56. The Balaban J connectivity index is 2.12. The molecule has 0 heterocycles. The first-order chi connectivity index (χ1) is 11.4. The van der Waals surface area contributed by atoms with Gasteiger partial charge >= 0.3 is 0 Å². The van der Waals surface area contributed by atoms with Crippen LogP contribution in [0.15, 0.2) is 53.4 Å². The molecule has 2 rings (SSSR count). The first-order valence-electron chi connectivity index (χ1n) is 7.39. The van der Waals surface area contributed by atoms with Crippen LogP contribution in [0.4, 0.5) is 5.69 Å². The van der Waals surface area contributed by atoms with Crippen molar-refractivity contribution in [1.29, 1.82) is 0 Å². The van der Waals surface area contributed by atoms with Crippen LogP contribution in [0.2, 0.25) is 0 Å². The number of anilines is 1. The third-order valence-corrected chi connectivity index (χ3v) is 4.79. The summed E-state index contributed by atoms with van der Waals surface area (Å²) in [5, 5.41) is 2.68. The minimum atomic E-state index is -3.70. The lowest BCUT2D eigenvalue weighted by Gasteiger charge is -2.11. The first-order valence-corrected chi connectivity index (χ1v) is 8.88. The number of hydrogen-bond acceptors (Lipinski definition) is 4. The summed E-state index contributed by atoms with van der Waals surface area (Å²) in [5.74, 6) is -0.275. The van der Waals surface area contributed by atoms with Crippen molar-refractivity contribution in [1.82, 2.24) is 5.32 Å². The van der Waals surface area contributed by atoms with Crippen LogP contribution in [-0.4, -0.2) is 34.6 Å². The van der Waals surface area contributed by atoms with Gasteiger partial charge in [0.25, 0.3) is 15.9 Å². The Morgan fingerprint density at radius 2 is 1.75 bits per heavy atom. The number of sulfonamides is 1. The summed E-state index contributed by atoms with van der Waals surface area (Å²) >= 11 is 0. The molecule has 0 saturated heterocycles. The van der Waals surface area contributed by atoms with Crippen LogP contribution < -0.4 is 10.0 Å². The monoisotopic (exact) mass is 348 g/mol. The van der Waals surface area contributed by atoms with Gasteiger partial charge in [0.05, 0.1) is 17.2 Å². The molecular formula is C17H20N2O4S. The fourth-order valence-electron chi connectivity index (χ4n) is 2.05. The number of hydrogen-bond donors (Lipinski definition) is 2. The highest BCUT2D eigenvalue weighted by Gasteiger charge is 2.16. The van der Waals surface area contributed by atoms with Crippen molar-refractivity contribution in [2.24, 2.45) is 0 Å². The van der Waals surface area contributed by atoms with Crippen LogP contribution >= 0.6 is 0 Å². The molecule has 0 spiro atoms. The molecule has 0 unspecified atom stereocenters. The second kappa shape index (κ2) is 7.94. The lowest BCUT2D eigenvalue weighted by Crippen LogP contribution is -2.26. The topological polar surface area (TPSA) is 84.5 Å². The maximum absolute atomic E-state index is 12.4. The van der Waals surface area contributed by atoms with E-state index >= 15 is 0 Å². The van der Waals surface area contributed by atoms with E-state index in [0.717, 1.165) is 5.56 Å². The van der Waals surface area contributed by atoms with Gasteiger partial charge in [0, 0.05) is 19.2 Å². The molecule has 0 radical (unpaired) electrons. The molecule has 6 nitrogen and oxygen atoms in total. The van der Waals surface area contributed by atoms with Gasteiger partial charge in [0.1, 0.15) is 0 Å². The molecular weight excluding hydrogens is 328 g/mol. The summed E-state index contributed by atoms with van der Waals surface area (Å²) in [6.07, 6.45) is 0. The van der Waals surface area contributed by atoms with Gasteiger partial charge in [-0.05, 0) is 42.8 Å². The molecule has 0 aliphatic heterocycles. The largest absolute Gasteiger partial charge is 0.383 e. The van der Waals surface area contributed by atoms with E-state index in [1.807, 2.05) is 19.1 Å². The lowest BCUT2D eigenvalue weighted by molar-refractivity contribution is 0.0937. The van der Waals surface area contributed by atoms with E-state index in [-0.39, 0.29) is 10.8 Å². The molecule has 128 valence electrons. The van der Waals surface area contributed by atoms with Crippen molar-refractivity contribution < 1.29 is 17.9 Å². The summed E-state index contributed by atoms with van der Waals surface area (Å²) in [7, 11) is -2.15. The van der Waals surface area contributed by atoms with Crippen molar-refractivity contribution in [2.45, 2.75) is 11.8 Å². The Morgan fingerprint density at radius 3 is 2.38 bits per heavy atom. The molecule has 1 amide bonds. The van der Waals surface area contributed by atoms with E-state index in [4.69, 9.17) is 4.74 Å². The average Bonchev–Trinajstić information content (AvgIpc) is 2.57. The van der Waals surface area contributed by atoms with E-state index in [9.17, 15) is 13.2 Å². The van der Waals surface area contributed by atoms with Gasteiger partial charge in [0.2, 0.25) is 0 Å². The second-order valence-electron chi connectivity index (χ2n) is 5.19. The van der Waals surface area contributed by atoms with E-state index in [1.165, 1.54) is 24.3 Å². The smallest absolute Gasteiger partial charge is 0.261 e. The number of rotatable bonds is 7. The number of amides is 1. The normalized spacial score (nSPS) is 11.1. The van der Waals surface area contributed by atoms with Crippen molar-refractivity contribution in [3.63, 3.8) is 0 Å². The Hall–Kier alpha value is -2.38. The molecule has 0 aliphatic carbocycles. The molecule has 2 aromatic carbocycles. The Kier molecular flexibility index (Phi) is 5.94. The third-order valence-electron chi connectivity index (χ3n) is 3.41. The van der Waals surface area contributed by atoms with Gasteiger partial charge in [-0.15, -0.1) is 0 Å². The van der Waals surface area contributed by atoms with Gasteiger partial charge in [-0.1, -0.05) is 18.2 Å². The van der Waals surface area contributed by atoms with Gasteiger partial charge in [0.15, 0.2) is 0 Å². The molecule has 0 atom stereocenters. The van der Waals surface area contributed by atoms with E-state index < -0.39 is 10.0 Å². The van der Waals surface area contributed by atoms with Crippen LogP contribution in [-0.2, 0) is 14.8 Å². The van der Waals surface area contributed by atoms with E-state index in [0.29, 0.717) is 24.4 Å². The first kappa shape index (κ1) is 18.0. The van der Waals surface area contributed by atoms with Gasteiger partial charge in [-0.3, -0.25) is 9.52 Å². The lowest BCUT2D eigenvalue weighted by atomic mass is 10.2. The number of benzene rings is 2. The zero-order valence-corrected chi connectivity index (χ0v) is 14.4. The van der Waals surface area contributed by atoms with Crippen LogP contribution in [0, 0.1) is 6.92 Å². The molecule has 0 saturated carbocycles. The Morgan fingerprint density at radius 1 is 1.08 bits per heavy atom. The number of nitrogens with one attached hydrogen (secondary N) is 2. The minimum Gasteiger partial charge on any atom is -0.383 e. The summed E-state index contributed by atoms with van der Waals surface area (Å²) in [6.45, 7) is 2.63. The standard InChI is InChI=1S/C17H20N2O4S/c1-13-5-3-4-6-16(13)19-24(21,22)15-9-7-14(8-10-15)17(20)18-11-12-23-2/h3-10,19H,11-12H2,1-2H3,(H,18,20). The quantitative estimate of drug-likeness (QED) is 0.751. The zero-order chi connectivity index (χ0) is 17.6. The van der Waals surface area contributed by atoms with Crippen LogP contribution in [0.25, 0.3) is 0 Å². The van der Waals surface area contributed by atoms with Crippen molar-refractivity contribution in [2.75, 3.05) is 25.0 Å². The van der Waals surface area contributed by atoms with Crippen LogP contribution in [0.3, 0.4) is 0 Å². The van der Waals surface area contributed by atoms with Crippen molar-refractivity contribution >= 4 is 21.6 Å². The van der Waals surface area contributed by atoms with Gasteiger partial charge < -0.3 is 10.1 Å². The predicted molar refractivity (Wildman–Crippen MR) is 92.6 cm³/mol. The molecule has 2 N–H and O–H groups in total. The second-order valence-corrected chi connectivity index (χ2v) is 6.88. The summed E-state index contributed by atoms with van der Waals surface area (Å²) in [5.41, 5.74) is 1.75. The van der Waals surface area contributed by atoms with Crippen molar-refractivity contribution in [3.05, 3.63) is 59.7 Å². The number of carbonyl (C=O) groups excluding carboxylic acids is 1. The van der Waals surface area contributed by atoms with E-state index in [2.05, 4.69) is 10.0 Å². The number of para-hydroxylation sites is 1. The highest BCUT2D eigenvalue weighted by molar-refractivity contribution is 7.92. The summed E-state index contributed by atoms with van der Waals surface area (Å²) < 4.78 is 32.2. The molecule has 24 heavy (non-hydrogen) atoms. The van der Waals surface area contributed by atoms with Gasteiger partial charge in [-0.25, -0.2) is 8.42 Å². The molecule has 7 heteroatoms. The Bertz CT molecular complexity index is 802. The summed E-state index contributed by atoms with van der Waals surface area (Å²) in [6, 6.07) is 12.9. The van der Waals surface area contributed by atoms with Crippen LogP contribution in [0.1, 0.15) is 15.9 Å².